The molecule has 1 aliphatic rings. The molecule has 5 nitrogen and oxygen atoms in total. The van der Waals surface area contributed by atoms with Crippen molar-refractivity contribution in [2.24, 2.45) is 11.8 Å². The standard InChI is InChI=1S/C20H31N3O2/c1-6-19(24)23(12-14(2)3)13-16-11-17(9-10-18(16)22(4)5)21-20(25)15-7-8-15/h9-11,14-15H,6-8,12-13H2,1-5H3,(H,21,25). The zero-order valence-corrected chi connectivity index (χ0v) is 16.1. The number of amides is 2. The number of hydrogen-bond acceptors (Lipinski definition) is 3. The normalized spacial score (nSPS) is 13.7. The Morgan fingerprint density at radius 1 is 1.24 bits per heavy atom. The largest absolute Gasteiger partial charge is 0.377 e. The first kappa shape index (κ1) is 19.3. The van der Waals surface area contributed by atoms with Crippen LogP contribution in [0, 0.1) is 11.8 Å². The Hall–Kier alpha value is -2.04. The van der Waals surface area contributed by atoms with Crippen LogP contribution in [0.5, 0.6) is 0 Å². The lowest BCUT2D eigenvalue weighted by molar-refractivity contribution is -0.132. The predicted octanol–water partition coefficient (Wildman–Crippen LogP) is 3.50. The smallest absolute Gasteiger partial charge is 0.227 e. The summed E-state index contributed by atoms with van der Waals surface area (Å²) in [5.74, 6) is 0.852. The van der Waals surface area contributed by atoms with E-state index in [-0.39, 0.29) is 17.7 Å². The second-order valence-electron chi connectivity index (χ2n) is 7.52. The van der Waals surface area contributed by atoms with Gasteiger partial charge in [0, 0.05) is 50.9 Å². The fraction of sp³-hybridized carbons (Fsp3) is 0.600. The van der Waals surface area contributed by atoms with Crippen molar-refractivity contribution in [3.63, 3.8) is 0 Å². The van der Waals surface area contributed by atoms with Crippen LogP contribution in [-0.4, -0.2) is 37.4 Å². The molecule has 1 aromatic carbocycles. The molecule has 1 saturated carbocycles. The van der Waals surface area contributed by atoms with E-state index < -0.39 is 0 Å². The summed E-state index contributed by atoms with van der Waals surface area (Å²) in [6, 6.07) is 5.96. The lowest BCUT2D eigenvalue weighted by Gasteiger charge is -2.27. The van der Waals surface area contributed by atoms with Gasteiger partial charge in [-0.3, -0.25) is 9.59 Å². The fourth-order valence-corrected chi connectivity index (χ4v) is 2.94. The van der Waals surface area contributed by atoms with Gasteiger partial charge in [-0.1, -0.05) is 20.8 Å². The molecule has 0 atom stereocenters. The molecule has 2 rings (SSSR count). The summed E-state index contributed by atoms with van der Waals surface area (Å²) in [5, 5.41) is 3.01. The molecule has 0 spiro atoms. The number of rotatable bonds is 8. The van der Waals surface area contributed by atoms with Crippen molar-refractivity contribution in [1.29, 1.82) is 0 Å². The summed E-state index contributed by atoms with van der Waals surface area (Å²) in [4.78, 5) is 28.3. The first-order chi connectivity index (χ1) is 11.8. The average Bonchev–Trinajstić information content (AvgIpc) is 3.37. The minimum Gasteiger partial charge on any atom is -0.377 e. The van der Waals surface area contributed by atoms with Gasteiger partial charge in [0.15, 0.2) is 0 Å². The molecule has 0 heterocycles. The molecule has 2 amide bonds. The molecule has 1 aromatic rings. The van der Waals surface area contributed by atoms with Crippen LogP contribution in [0.25, 0.3) is 0 Å². The van der Waals surface area contributed by atoms with Crippen LogP contribution in [0.2, 0.25) is 0 Å². The van der Waals surface area contributed by atoms with E-state index >= 15 is 0 Å². The molecule has 5 heteroatoms. The average molecular weight is 345 g/mol. The molecule has 0 aliphatic heterocycles. The summed E-state index contributed by atoms with van der Waals surface area (Å²) in [6.45, 7) is 7.43. The zero-order valence-electron chi connectivity index (χ0n) is 16.1. The van der Waals surface area contributed by atoms with E-state index in [2.05, 4.69) is 19.2 Å². The zero-order chi connectivity index (χ0) is 18.6. The number of nitrogens with zero attached hydrogens (tertiary/aromatic N) is 2. The van der Waals surface area contributed by atoms with Crippen molar-refractivity contribution in [3.05, 3.63) is 23.8 Å². The van der Waals surface area contributed by atoms with E-state index in [1.807, 2.05) is 49.0 Å². The van der Waals surface area contributed by atoms with Crippen molar-refractivity contribution in [2.75, 3.05) is 30.9 Å². The van der Waals surface area contributed by atoms with Crippen LogP contribution in [0.3, 0.4) is 0 Å². The Labute approximate surface area is 151 Å². The third-order valence-corrected chi connectivity index (χ3v) is 4.38. The predicted molar refractivity (Wildman–Crippen MR) is 103 cm³/mol. The number of benzene rings is 1. The van der Waals surface area contributed by atoms with E-state index in [0.717, 1.165) is 36.3 Å². The van der Waals surface area contributed by atoms with Gasteiger partial charge in [0.2, 0.25) is 11.8 Å². The Balaban J connectivity index is 2.24. The third kappa shape index (κ3) is 5.48. The van der Waals surface area contributed by atoms with Gasteiger partial charge in [-0.05, 0) is 42.5 Å². The van der Waals surface area contributed by atoms with Crippen molar-refractivity contribution >= 4 is 23.2 Å². The maximum absolute atomic E-state index is 12.3. The van der Waals surface area contributed by atoms with Crippen molar-refractivity contribution in [1.82, 2.24) is 4.90 Å². The van der Waals surface area contributed by atoms with Crippen LogP contribution in [0.1, 0.15) is 45.6 Å². The second-order valence-corrected chi connectivity index (χ2v) is 7.52. The molecular formula is C20H31N3O2. The Morgan fingerprint density at radius 3 is 2.44 bits per heavy atom. The highest BCUT2D eigenvalue weighted by Crippen LogP contribution is 2.31. The van der Waals surface area contributed by atoms with Crippen molar-refractivity contribution in [3.8, 4) is 0 Å². The summed E-state index contributed by atoms with van der Waals surface area (Å²) >= 11 is 0. The summed E-state index contributed by atoms with van der Waals surface area (Å²) < 4.78 is 0. The molecule has 0 radical (unpaired) electrons. The number of nitrogens with one attached hydrogen (secondary N) is 1. The third-order valence-electron chi connectivity index (χ3n) is 4.38. The Kier molecular flexibility index (Phi) is 6.45. The van der Waals surface area contributed by atoms with Crippen molar-refractivity contribution < 1.29 is 9.59 Å². The maximum Gasteiger partial charge on any atom is 0.227 e. The van der Waals surface area contributed by atoms with Crippen LogP contribution in [-0.2, 0) is 16.1 Å². The quantitative estimate of drug-likeness (QED) is 0.784. The van der Waals surface area contributed by atoms with Crippen LogP contribution in [0.15, 0.2) is 18.2 Å². The Morgan fingerprint density at radius 2 is 1.92 bits per heavy atom. The number of carbonyl (C=O) groups excluding carboxylic acids is 2. The van der Waals surface area contributed by atoms with Gasteiger partial charge in [0.05, 0.1) is 0 Å². The van der Waals surface area contributed by atoms with E-state index in [9.17, 15) is 9.59 Å². The molecular weight excluding hydrogens is 314 g/mol. The molecule has 0 unspecified atom stereocenters. The molecule has 1 N–H and O–H groups in total. The molecule has 1 aliphatic carbocycles. The van der Waals surface area contributed by atoms with Crippen LogP contribution < -0.4 is 10.2 Å². The molecule has 1 fully saturated rings. The number of anilines is 2. The van der Waals surface area contributed by atoms with Gasteiger partial charge < -0.3 is 15.1 Å². The van der Waals surface area contributed by atoms with Crippen LogP contribution >= 0.6 is 0 Å². The molecule has 25 heavy (non-hydrogen) atoms. The monoisotopic (exact) mass is 345 g/mol. The summed E-state index contributed by atoms with van der Waals surface area (Å²) in [6.07, 6.45) is 2.48. The van der Waals surface area contributed by atoms with E-state index in [0.29, 0.717) is 18.9 Å². The summed E-state index contributed by atoms with van der Waals surface area (Å²) in [7, 11) is 3.99. The minimum absolute atomic E-state index is 0.104. The molecule has 0 saturated heterocycles. The fourth-order valence-electron chi connectivity index (χ4n) is 2.94. The molecule has 0 aromatic heterocycles. The molecule has 138 valence electrons. The second kappa shape index (κ2) is 8.37. The topological polar surface area (TPSA) is 52.7 Å². The highest BCUT2D eigenvalue weighted by atomic mass is 16.2. The first-order valence-corrected chi connectivity index (χ1v) is 9.20. The first-order valence-electron chi connectivity index (χ1n) is 9.20. The maximum atomic E-state index is 12.3. The lowest BCUT2D eigenvalue weighted by atomic mass is 10.1. The highest BCUT2D eigenvalue weighted by molar-refractivity contribution is 5.94. The highest BCUT2D eigenvalue weighted by Gasteiger charge is 2.29. The van der Waals surface area contributed by atoms with E-state index in [4.69, 9.17) is 0 Å². The van der Waals surface area contributed by atoms with E-state index in [1.165, 1.54) is 0 Å². The van der Waals surface area contributed by atoms with Gasteiger partial charge in [-0.2, -0.15) is 0 Å². The van der Waals surface area contributed by atoms with Crippen molar-refractivity contribution in [2.45, 2.75) is 46.6 Å². The van der Waals surface area contributed by atoms with Crippen LogP contribution in [0.4, 0.5) is 11.4 Å². The van der Waals surface area contributed by atoms with Gasteiger partial charge >= 0.3 is 0 Å². The Bertz CT molecular complexity index is 621. The molecule has 0 bridgehead atoms. The van der Waals surface area contributed by atoms with Gasteiger partial charge in [0.25, 0.3) is 0 Å². The SMILES string of the molecule is CCC(=O)N(Cc1cc(NC(=O)C2CC2)ccc1N(C)C)CC(C)C. The van der Waals surface area contributed by atoms with Gasteiger partial charge in [-0.25, -0.2) is 0 Å². The number of carbonyl (C=O) groups is 2. The minimum atomic E-state index is 0.104. The lowest BCUT2D eigenvalue weighted by Crippen LogP contribution is -2.33. The van der Waals surface area contributed by atoms with E-state index in [1.54, 1.807) is 0 Å². The van der Waals surface area contributed by atoms with Gasteiger partial charge in [-0.15, -0.1) is 0 Å². The summed E-state index contributed by atoms with van der Waals surface area (Å²) in [5.41, 5.74) is 2.94. The number of hydrogen-bond donors (Lipinski definition) is 1. The van der Waals surface area contributed by atoms with Gasteiger partial charge in [0.1, 0.15) is 0 Å².